The van der Waals surface area contributed by atoms with Crippen molar-refractivity contribution in [1.29, 1.82) is 0 Å². The summed E-state index contributed by atoms with van der Waals surface area (Å²) in [5, 5.41) is 3.01. The topological polar surface area (TPSA) is 92.5 Å². The molecule has 0 aromatic heterocycles. The van der Waals surface area contributed by atoms with Gasteiger partial charge in [0.05, 0.1) is 11.3 Å². The van der Waals surface area contributed by atoms with Crippen molar-refractivity contribution in [3.8, 4) is 0 Å². The van der Waals surface area contributed by atoms with Gasteiger partial charge < -0.3 is 11.1 Å². The molecule has 20 heavy (non-hydrogen) atoms. The van der Waals surface area contributed by atoms with Gasteiger partial charge in [0.15, 0.2) is 0 Å². The Bertz CT molecular complexity index is 449. The van der Waals surface area contributed by atoms with Crippen LogP contribution in [0.2, 0.25) is 0 Å². The highest BCUT2D eigenvalue weighted by Crippen LogP contribution is 2.27. The van der Waals surface area contributed by atoms with Gasteiger partial charge in [0, 0.05) is 19.1 Å². The largest absolute Gasteiger partial charge is 0.352 e. The average molecular weight is 303 g/mol. The van der Waals surface area contributed by atoms with Gasteiger partial charge in [-0.25, -0.2) is 12.7 Å². The quantitative estimate of drug-likeness (QED) is 0.775. The molecule has 1 aliphatic heterocycles. The first-order valence-electron chi connectivity index (χ1n) is 7.45. The van der Waals surface area contributed by atoms with E-state index in [0.717, 1.165) is 25.7 Å². The van der Waals surface area contributed by atoms with E-state index >= 15 is 0 Å². The van der Waals surface area contributed by atoms with E-state index in [2.05, 4.69) is 5.32 Å². The zero-order valence-electron chi connectivity index (χ0n) is 12.1. The van der Waals surface area contributed by atoms with Crippen LogP contribution in [0.25, 0.3) is 0 Å². The summed E-state index contributed by atoms with van der Waals surface area (Å²) in [6, 6.07) is 0.0480. The van der Waals surface area contributed by atoms with E-state index in [4.69, 9.17) is 5.73 Å². The second-order valence-corrected chi connectivity index (χ2v) is 8.17. The first-order chi connectivity index (χ1) is 9.37. The van der Waals surface area contributed by atoms with Crippen molar-refractivity contribution in [3.05, 3.63) is 0 Å². The normalized spacial score (nSPS) is 24.7. The molecule has 2 aliphatic rings. The van der Waals surface area contributed by atoms with E-state index in [9.17, 15) is 13.2 Å². The van der Waals surface area contributed by atoms with Crippen LogP contribution < -0.4 is 11.1 Å². The van der Waals surface area contributed by atoms with Crippen molar-refractivity contribution < 1.29 is 13.2 Å². The van der Waals surface area contributed by atoms with Crippen LogP contribution >= 0.6 is 0 Å². The number of hydrogen-bond donors (Lipinski definition) is 2. The van der Waals surface area contributed by atoms with Crippen LogP contribution in [-0.2, 0) is 14.8 Å². The Hall–Kier alpha value is -0.660. The second kappa shape index (κ2) is 5.99. The van der Waals surface area contributed by atoms with Gasteiger partial charge in [-0.15, -0.1) is 0 Å². The Morgan fingerprint density at radius 2 is 1.85 bits per heavy atom. The highest BCUT2D eigenvalue weighted by Gasteiger charge is 2.38. The van der Waals surface area contributed by atoms with Gasteiger partial charge in [-0.05, 0) is 32.6 Å². The summed E-state index contributed by atoms with van der Waals surface area (Å²) in [5.41, 5.74) is 5.42. The summed E-state index contributed by atoms with van der Waals surface area (Å²) in [4.78, 5) is 12.2. The van der Waals surface area contributed by atoms with Crippen LogP contribution in [0.1, 0.15) is 45.4 Å². The Morgan fingerprint density at radius 3 is 2.35 bits per heavy atom. The SMILES string of the molecule is CCS(=O)(=O)N1CCC(NC(=O)C2(N)CCCC2)CC1. The second-order valence-electron chi connectivity index (χ2n) is 5.91. The molecular weight excluding hydrogens is 278 g/mol. The number of carbonyl (C=O) groups is 1. The molecular formula is C13H25N3O3S. The molecule has 1 saturated carbocycles. The summed E-state index contributed by atoms with van der Waals surface area (Å²) in [6.45, 7) is 2.62. The fraction of sp³-hybridized carbons (Fsp3) is 0.923. The number of hydrogen-bond acceptors (Lipinski definition) is 4. The molecule has 0 bridgehead atoms. The van der Waals surface area contributed by atoms with Crippen molar-refractivity contribution in [1.82, 2.24) is 9.62 Å². The summed E-state index contributed by atoms with van der Waals surface area (Å²) in [6.07, 6.45) is 4.86. The van der Waals surface area contributed by atoms with Crippen LogP contribution in [0.3, 0.4) is 0 Å². The molecule has 7 heteroatoms. The maximum atomic E-state index is 12.2. The number of nitrogens with one attached hydrogen (secondary N) is 1. The van der Waals surface area contributed by atoms with E-state index < -0.39 is 15.6 Å². The van der Waals surface area contributed by atoms with Gasteiger partial charge in [-0.1, -0.05) is 12.8 Å². The molecule has 0 radical (unpaired) electrons. The van der Waals surface area contributed by atoms with Gasteiger partial charge in [0.25, 0.3) is 0 Å². The van der Waals surface area contributed by atoms with Crippen LogP contribution in [0, 0.1) is 0 Å². The molecule has 1 heterocycles. The van der Waals surface area contributed by atoms with Gasteiger partial charge in [-0.3, -0.25) is 4.79 Å². The van der Waals surface area contributed by atoms with Crippen LogP contribution in [0.4, 0.5) is 0 Å². The van der Waals surface area contributed by atoms with Crippen molar-refractivity contribution in [2.24, 2.45) is 5.73 Å². The molecule has 3 N–H and O–H groups in total. The average Bonchev–Trinajstić information content (AvgIpc) is 2.88. The Labute approximate surface area is 121 Å². The minimum atomic E-state index is -3.10. The minimum Gasteiger partial charge on any atom is -0.352 e. The fourth-order valence-electron chi connectivity index (χ4n) is 3.02. The van der Waals surface area contributed by atoms with Gasteiger partial charge >= 0.3 is 0 Å². The van der Waals surface area contributed by atoms with Crippen molar-refractivity contribution in [3.63, 3.8) is 0 Å². The third-order valence-electron chi connectivity index (χ3n) is 4.50. The van der Waals surface area contributed by atoms with Gasteiger partial charge in [-0.2, -0.15) is 0 Å². The Balaban J connectivity index is 1.84. The summed E-state index contributed by atoms with van der Waals surface area (Å²) in [5.74, 6) is 0.0717. The fourth-order valence-corrected chi connectivity index (χ4v) is 4.16. The molecule has 0 atom stereocenters. The number of piperidine rings is 1. The number of nitrogens with two attached hydrogens (primary N) is 1. The zero-order chi connectivity index (χ0) is 14.8. The van der Waals surface area contributed by atoms with Crippen LogP contribution in [0.5, 0.6) is 0 Å². The third kappa shape index (κ3) is 3.32. The predicted octanol–water partition coefficient (Wildman–Crippen LogP) is 0.188. The smallest absolute Gasteiger partial charge is 0.240 e. The number of rotatable bonds is 4. The molecule has 2 rings (SSSR count). The molecule has 116 valence electrons. The monoisotopic (exact) mass is 303 g/mol. The molecule has 0 unspecified atom stereocenters. The zero-order valence-corrected chi connectivity index (χ0v) is 12.9. The summed E-state index contributed by atoms with van der Waals surface area (Å²) < 4.78 is 25.0. The van der Waals surface area contributed by atoms with Crippen molar-refractivity contribution >= 4 is 15.9 Å². The van der Waals surface area contributed by atoms with Gasteiger partial charge in [0.1, 0.15) is 0 Å². The standard InChI is InChI=1S/C13H25N3O3S/c1-2-20(18,19)16-9-5-11(6-10-16)15-12(17)13(14)7-3-4-8-13/h11H,2-10,14H2,1H3,(H,15,17). The lowest BCUT2D eigenvalue weighted by Crippen LogP contribution is -2.56. The highest BCUT2D eigenvalue weighted by atomic mass is 32.2. The number of nitrogens with zero attached hydrogens (tertiary/aromatic N) is 1. The molecule has 0 aromatic carbocycles. The van der Waals surface area contributed by atoms with E-state index in [1.807, 2.05) is 0 Å². The van der Waals surface area contributed by atoms with Crippen LogP contribution in [0.15, 0.2) is 0 Å². The molecule has 1 saturated heterocycles. The molecule has 6 nitrogen and oxygen atoms in total. The van der Waals surface area contributed by atoms with E-state index in [1.54, 1.807) is 6.92 Å². The van der Waals surface area contributed by atoms with E-state index in [1.165, 1.54) is 4.31 Å². The minimum absolute atomic E-state index is 0.0480. The Morgan fingerprint density at radius 1 is 1.30 bits per heavy atom. The Kier molecular flexibility index (Phi) is 4.71. The molecule has 2 fully saturated rings. The van der Waals surface area contributed by atoms with E-state index in [0.29, 0.717) is 25.9 Å². The van der Waals surface area contributed by atoms with Crippen LogP contribution in [-0.4, -0.2) is 49.1 Å². The van der Waals surface area contributed by atoms with Crippen molar-refractivity contribution in [2.45, 2.75) is 57.0 Å². The summed E-state index contributed by atoms with van der Waals surface area (Å²) >= 11 is 0. The number of sulfonamides is 1. The number of carbonyl (C=O) groups excluding carboxylic acids is 1. The lowest BCUT2D eigenvalue weighted by atomic mass is 9.96. The first-order valence-corrected chi connectivity index (χ1v) is 9.06. The van der Waals surface area contributed by atoms with Crippen molar-refractivity contribution in [2.75, 3.05) is 18.8 Å². The first kappa shape index (κ1) is 15.7. The predicted molar refractivity (Wildman–Crippen MR) is 77.6 cm³/mol. The lowest BCUT2D eigenvalue weighted by molar-refractivity contribution is -0.127. The number of amides is 1. The molecule has 0 spiro atoms. The highest BCUT2D eigenvalue weighted by molar-refractivity contribution is 7.89. The molecule has 0 aromatic rings. The van der Waals surface area contributed by atoms with Gasteiger partial charge in [0.2, 0.25) is 15.9 Å². The maximum Gasteiger partial charge on any atom is 0.240 e. The summed E-state index contributed by atoms with van der Waals surface area (Å²) in [7, 11) is -3.10. The van der Waals surface area contributed by atoms with E-state index in [-0.39, 0.29) is 17.7 Å². The third-order valence-corrected chi connectivity index (χ3v) is 6.38. The lowest BCUT2D eigenvalue weighted by Gasteiger charge is -2.33. The molecule has 1 amide bonds. The molecule has 1 aliphatic carbocycles. The maximum absolute atomic E-state index is 12.2.